The Balaban J connectivity index is 2.61. The molecule has 0 atom stereocenters. The zero-order valence-corrected chi connectivity index (χ0v) is 16.2. The van der Waals surface area contributed by atoms with Gasteiger partial charge >= 0.3 is 0 Å². The summed E-state index contributed by atoms with van der Waals surface area (Å²) in [4.78, 5) is 12.4. The predicted molar refractivity (Wildman–Crippen MR) is 95.1 cm³/mol. The zero-order valence-electron chi connectivity index (χ0n) is 14.6. The molecule has 0 aromatic carbocycles. The normalized spacial score (nSPS) is 18.2. The third kappa shape index (κ3) is 5.15. The molecule has 4 nitrogen and oxygen atoms in total. The third-order valence-corrected chi connectivity index (χ3v) is 8.40. The van der Waals surface area contributed by atoms with E-state index < -0.39 is 14.6 Å². The van der Waals surface area contributed by atoms with Crippen LogP contribution >= 0.6 is 11.8 Å². The largest absolute Gasteiger partial charge is 0.354 e. The van der Waals surface area contributed by atoms with Crippen molar-refractivity contribution in [2.24, 2.45) is 0 Å². The summed E-state index contributed by atoms with van der Waals surface area (Å²) in [5, 5.41) is 2.45. The minimum atomic E-state index is -3.45. The van der Waals surface area contributed by atoms with Crippen LogP contribution in [0.15, 0.2) is 0 Å². The first-order valence-corrected chi connectivity index (χ1v) is 10.7. The highest BCUT2D eigenvalue weighted by molar-refractivity contribution is 8.00. The maximum Gasteiger partial charge on any atom is 0.240 e. The SMILES string of the molecule is CC(C)(C)SCCNC(=O)C(C)(C)S(=O)(=O)C1CCCCC1. The first-order valence-electron chi connectivity index (χ1n) is 8.14. The lowest BCUT2D eigenvalue weighted by molar-refractivity contribution is -0.122. The Morgan fingerprint density at radius 2 is 1.64 bits per heavy atom. The molecule has 0 unspecified atom stereocenters. The van der Waals surface area contributed by atoms with Gasteiger partial charge in [0.2, 0.25) is 5.91 Å². The van der Waals surface area contributed by atoms with E-state index in [1.807, 2.05) is 0 Å². The van der Waals surface area contributed by atoms with E-state index in [2.05, 4.69) is 26.1 Å². The number of amides is 1. The summed E-state index contributed by atoms with van der Waals surface area (Å²) in [5.74, 6) is 0.419. The molecule has 6 heteroatoms. The lowest BCUT2D eigenvalue weighted by Crippen LogP contribution is -2.52. The van der Waals surface area contributed by atoms with Gasteiger partial charge in [0.1, 0.15) is 4.75 Å². The fourth-order valence-corrected chi connectivity index (χ4v) is 5.59. The van der Waals surface area contributed by atoms with E-state index in [0.29, 0.717) is 19.4 Å². The number of hydrogen-bond acceptors (Lipinski definition) is 4. The average molecular weight is 350 g/mol. The highest BCUT2D eigenvalue weighted by atomic mass is 32.2. The van der Waals surface area contributed by atoms with Crippen LogP contribution in [-0.2, 0) is 14.6 Å². The Bertz CT molecular complexity index is 472. The Kier molecular flexibility index (Phi) is 6.81. The number of hydrogen-bond donors (Lipinski definition) is 1. The van der Waals surface area contributed by atoms with Crippen molar-refractivity contribution in [2.45, 2.75) is 81.5 Å². The van der Waals surface area contributed by atoms with Gasteiger partial charge in [0.25, 0.3) is 0 Å². The second-order valence-corrected chi connectivity index (χ2v) is 12.2. The Morgan fingerprint density at radius 1 is 1.09 bits per heavy atom. The van der Waals surface area contributed by atoms with E-state index in [1.165, 1.54) is 0 Å². The van der Waals surface area contributed by atoms with E-state index in [9.17, 15) is 13.2 Å². The topological polar surface area (TPSA) is 63.2 Å². The van der Waals surface area contributed by atoms with Crippen LogP contribution in [0.3, 0.4) is 0 Å². The lowest BCUT2D eigenvalue weighted by Gasteiger charge is -2.31. The van der Waals surface area contributed by atoms with Crippen molar-refractivity contribution in [3.05, 3.63) is 0 Å². The molecule has 0 spiro atoms. The summed E-state index contributed by atoms with van der Waals surface area (Å²) in [6.07, 6.45) is 4.38. The maximum atomic E-state index is 12.8. The molecule has 0 aromatic heterocycles. The summed E-state index contributed by atoms with van der Waals surface area (Å²) >= 11 is 1.76. The zero-order chi connectivity index (χ0) is 17.0. The monoisotopic (exact) mass is 349 g/mol. The number of thioether (sulfide) groups is 1. The van der Waals surface area contributed by atoms with E-state index in [-0.39, 0.29) is 15.9 Å². The van der Waals surface area contributed by atoms with Crippen LogP contribution < -0.4 is 5.32 Å². The number of nitrogens with one attached hydrogen (secondary N) is 1. The second-order valence-electron chi connectivity index (χ2n) is 7.53. The second kappa shape index (κ2) is 7.56. The summed E-state index contributed by atoms with van der Waals surface area (Å²) in [6.45, 7) is 9.96. The quantitative estimate of drug-likeness (QED) is 0.748. The number of sulfone groups is 1. The van der Waals surface area contributed by atoms with Crippen molar-refractivity contribution in [2.75, 3.05) is 12.3 Å². The summed E-state index contributed by atoms with van der Waals surface area (Å²) < 4.78 is 24.4. The predicted octanol–water partition coefficient (Wildman–Crippen LogP) is 3.16. The van der Waals surface area contributed by atoms with Crippen molar-refractivity contribution in [3.63, 3.8) is 0 Å². The van der Waals surface area contributed by atoms with Crippen LogP contribution in [0, 0.1) is 0 Å². The van der Waals surface area contributed by atoms with Crippen LogP contribution in [0.5, 0.6) is 0 Å². The molecule has 1 aliphatic rings. The Hall–Kier alpha value is -0.230. The van der Waals surface area contributed by atoms with Gasteiger partial charge in [-0.1, -0.05) is 40.0 Å². The summed E-state index contributed by atoms with van der Waals surface area (Å²) in [5.41, 5.74) is 0. The highest BCUT2D eigenvalue weighted by Crippen LogP contribution is 2.31. The molecule has 1 rings (SSSR count). The molecule has 0 bridgehead atoms. The van der Waals surface area contributed by atoms with Crippen molar-refractivity contribution < 1.29 is 13.2 Å². The van der Waals surface area contributed by atoms with Crippen LogP contribution in [0.2, 0.25) is 0 Å². The van der Waals surface area contributed by atoms with Gasteiger partial charge < -0.3 is 5.32 Å². The Labute approximate surface area is 140 Å². The third-order valence-electron chi connectivity index (χ3n) is 4.17. The molecule has 0 heterocycles. The molecule has 130 valence electrons. The van der Waals surface area contributed by atoms with Crippen molar-refractivity contribution >= 4 is 27.5 Å². The van der Waals surface area contributed by atoms with E-state index in [1.54, 1.807) is 25.6 Å². The van der Waals surface area contributed by atoms with E-state index in [4.69, 9.17) is 0 Å². The Morgan fingerprint density at radius 3 is 2.14 bits per heavy atom. The molecule has 1 N–H and O–H groups in total. The summed E-state index contributed by atoms with van der Waals surface area (Å²) in [7, 11) is -3.45. The van der Waals surface area contributed by atoms with Crippen LogP contribution in [0.4, 0.5) is 0 Å². The van der Waals surface area contributed by atoms with Gasteiger partial charge in [0.15, 0.2) is 9.84 Å². The number of rotatable bonds is 6. The molecular weight excluding hydrogens is 318 g/mol. The molecular formula is C16H31NO3S2. The first-order chi connectivity index (χ1) is 9.98. The molecule has 1 amide bonds. The van der Waals surface area contributed by atoms with Crippen LogP contribution in [0.25, 0.3) is 0 Å². The van der Waals surface area contributed by atoms with Gasteiger partial charge in [-0.2, -0.15) is 11.8 Å². The standard InChI is InChI=1S/C16H31NO3S2/c1-15(2,3)21-12-11-17-14(18)16(4,5)22(19,20)13-9-7-6-8-10-13/h13H,6-12H2,1-5H3,(H,17,18). The lowest BCUT2D eigenvalue weighted by atomic mass is 10.0. The van der Waals surface area contributed by atoms with Gasteiger partial charge in [-0.3, -0.25) is 4.79 Å². The van der Waals surface area contributed by atoms with Crippen molar-refractivity contribution in [3.8, 4) is 0 Å². The highest BCUT2D eigenvalue weighted by Gasteiger charge is 2.46. The molecule has 0 aliphatic heterocycles. The maximum absolute atomic E-state index is 12.8. The van der Waals surface area contributed by atoms with Gasteiger partial charge in [0, 0.05) is 17.0 Å². The molecule has 1 saturated carbocycles. The number of carbonyl (C=O) groups is 1. The molecule has 0 saturated heterocycles. The van der Waals surface area contributed by atoms with E-state index >= 15 is 0 Å². The van der Waals surface area contributed by atoms with Crippen molar-refractivity contribution in [1.29, 1.82) is 0 Å². The van der Waals surface area contributed by atoms with Crippen molar-refractivity contribution in [1.82, 2.24) is 5.32 Å². The first kappa shape index (κ1) is 19.8. The van der Waals surface area contributed by atoms with Gasteiger partial charge in [-0.25, -0.2) is 8.42 Å². The fourth-order valence-electron chi connectivity index (χ4n) is 2.66. The number of carbonyl (C=O) groups excluding carboxylic acids is 1. The smallest absolute Gasteiger partial charge is 0.240 e. The average Bonchev–Trinajstić information content (AvgIpc) is 2.43. The fraction of sp³-hybridized carbons (Fsp3) is 0.938. The minimum Gasteiger partial charge on any atom is -0.354 e. The summed E-state index contributed by atoms with van der Waals surface area (Å²) in [6, 6.07) is 0. The minimum absolute atomic E-state index is 0.147. The molecule has 0 radical (unpaired) electrons. The molecule has 1 aliphatic carbocycles. The molecule has 1 fully saturated rings. The van der Waals surface area contributed by atoms with Crippen LogP contribution in [0.1, 0.15) is 66.7 Å². The van der Waals surface area contributed by atoms with Crippen LogP contribution in [-0.4, -0.2) is 41.4 Å². The van der Waals surface area contributed by atoms with Gasteiger partial charge in [-0.15, -0.1) is 0 Å². The molecule has 22 heavy (non-hydrogen) atoms. The van der Waals surface area contributed by atoms with Gasteiger partial charge in [0.05, 0.1) is 5.25 Å². The molecule has 0 aromatic rings. The van der Waals surface area contributed by atoms with Gasteiger partial charge in [-0.05, 0) is 26.7 Å². The van der Waals surface area contributed by atoms with E-state index in [0.717, 1.165) is 25.0 Å².